The number of esters is 1. The SMILES string of the molecule is CC(=O)CCOc1ccc(C2C(C(C)=O)C3C(=O)Oc4cc(C)ccc4C32)c(C)c1. The van der Waals surface area contributed by atoms with Crippen molar-refractivity contribution in [3.05, 3.63) is 58.7 Å². The molecule has 5 heteroatoms. The van der Waals surface area contributed by atoms with Crippen LogP contribution in [0.5, 0.6) is 11.5 Å². The standard InChI is InChI=1S/C25H26O5/c1-13-5-7-19-20(11-13)30-25(28)24-21(16(4)27)22(23(19)24)18-8-6-17(12-14(18)2)29-10-9-15(3)26/h5-8,11-12,21-24H,9-10H2,1-4H3. The highest BCUT2D eigenvalue weighted by molar-refractivity contribution is 5.92. The third-order valence-electron chi connectivity index (χ3n) is 6.35. The van der Waals surface area contributed by atoms with Gasteiger partial charge in [0.05, 0.1) is 12.5 Å². The van der Waals surface area contributed by atoms with E-state index in [4.69, 9.17) is 9.47 Å². The molecule has 30 heavy (non-hydrogen) atoms. The lowest BCUT2D eigenvalue weighted by atomic mass is 9.50. The minimum Gasteiger partial charge on any atom is -0.493 e. The van der Waals surface area contributed by atoms with Crippen molar-refractivity contribution in [2.45, 2.75) is 46.0 Å². The van der Waals surface area contributed by atoms with Gasteiger partial charge in [0.2, 0.25) is 0 Å². The van der Waals surface area contributed by atoms with E-state index in [1.807, 2.05) is 50.2 Å². The monoisotopic (exact) mass is 406 g/mol. The second kappa shape index (κ2) is 7.71. The number of ether oxygens (including phenoxy) is 2. The van der Waals surface area contributed by atoms with E-state index in [2.05, 4.69) is 0 Å². The highest BCUT2D eigenvalue weighted by Crippen LogP contribution is 2.62. The van der Waals surface area contributed by atoms with Crippen LogP contribution in [0.25, 0.3) is 0 Å². The molecule has 2 aromatic rings. The van der Waals surface area contributed by atoms with Gasteiger partial charge in [0.15, 0.2) is 0 Å². The quantitative estimate of drug-likeness (QED) is 0.529. The van der Waals surface area contributed by atoms with Gasteiger partial charge in [-0.3, -0.25) is 14.4 Å². The van der Waals surface area contributed by atoms with E-state index < -0.39 is 5.92 Å². The Labute approximate surface area is 176 Å². The van der Waals surface area contributed by atoms with Crippen molar-refractivity contribution < 1.29 is 23.9 Å². The molecule has 1 aliphatic carbocycles. The lowest BCUT2D eigenvalue weighted by molar-refractivity contribution is -0.155. The number of benzene rings is 2. The summed E-state index contributed by atoms with van der Waals surface area (Å²) in [6.07, 6.45) is 0.373. The van der Waals surface area contributed by atoms with Gasteiger partial charge in [-0.15, -0.1) is 0 Å². The molecule has 4 atom stereocenters. The Morgan fingerprint density at radius 1 is 0.967 bits per heavy atom. The molecule has 4 rings (SSSR count). The van der Waals surface area contributed by atoms with Gasteiger partial charge >= 0.3 is 5.97 Å². The van der Waals surface area contributed by atoms with Crippen molar-refractivity contribution in [1.82, 2.24) is 0 Å². The van der Waals surface area contributed by atoms with Gasteiger partial charge < -0.3 is 9.47 Å². The molecule has 4 unspecified atom stereocenters. The van der Waals surface area contributed by atoms with E-state index >= 15 is 0 Å². The number of hydrogen-bond donors (Lipinski definition) is 0. The zero-order chi connectivity index (χ0) is 21.6. The molecular weight excluding hydrogens is 380 g/mol. The Morgan fingerprint density at radius 2 is 1.70 bits per heavy atom. The van der Waals surface area contributed by atoms with Crippen LogP contribution in [0.2, 0.25) is 0 Å². The first-order valence-electron chi connectivity index (χ1n) is 10.3. The van der Waals surface area contributed by atoms with Crippen molar-refractivity contribution in [2.75, 3.05) is 6.61 Å². The lowest BCUT2D eigenvalue weighted by Crippen LogP contribution is -2.54. The van der Waals surface area contributed by atoms with Crippen LogP contribution in [0.1, 0.15) is 54.4 Å². The van der Waals surface area contributed by atoms with Crippen molar-refractivity contribution in [3.63, 3.8) is 0 Å². The third-order valence-corrected chi connectivity index (χ3v) is 6.35. The zero-order valence-electron chi connectivity index (χ0n) is 17.7. The largest absolute Gasteiger partial charge is 0.493 e. The molecule has 1 fully saturated rings. The summed E-state index contributed by atoms with van der Waals surface area (Å²) >= 11 is 0. The maximum absolute atomic E-state index is 12.7. The smallest absolute Gasteiger partial charge is 0.315 e. The van der Waals surface area contributed by atoms with Crippen LogP contribution < -0.4 is 9.47 Å². The normalized spacial score (nSPS) is 24.2. The third kappa shape index (κ3) is 3.42. The Balaban J connectivity index is 1.68. The summed E-state index contributed by atoms with van der Waals surface area (Å²) in [7, 11) is 0. The topological polar surface area (TPSA) is 69.7 Å². The molecule has 0 aromatic heterocycles. The molecule has 1 aliphatic heterocycles. The van der Waals surface area contributed by atoms with E-state index in [9.17, 15) is 14.4 Å². The number of hydrogen-bond acceptors (Lipinski definition) is 5. The predicted octanol–water partition coefficient (Wildman–Crippen LogP) is 4.28. The molecule has 0 bridgehead atoms. The molecule has 5 nitrogen and oxygen atoms in total. The first-order valence-corrected chi connectivity index (χ1v) is 10.3. The molecule has 0 saturated heterocycles. The molecule has 1 heterocycles. The lowest BCUT2D eigenvalue weighted by Gasteiger charge is -2.52. The number of ketones is 2. The van der Waals surface area contributed by atoms with E-state index in [0.717, 1.165) is 22.3 Å². The molecule has 0 radical (unpaired) electrons. The summed E-state index contributed by atoms with van der Waals surface area (Å²) in [6.45, 7) is 7.40. The molecule has 0 spiro atoms. The minimum atomic E-state index is -0.436. The van der Waals surface area contributed by atoms with E-state index in [-0.39, 0.29) is 35.3 Å². The molecule has 2 aromatic carbocycles. The first kappa shape index (κ1) is 20.3. The van der Waals surface area contributed by atoms with Crippen LogP contribution in [0, 0.1) is 25.7 Å². The number of aryl methyl sites for hydroxylation is 2. The van der Waals surface area contributed by atoms with Crippen molar-refractivity contribution in [2.24, 2.45) is 11.8 Å². The van der Waals surface area contributed by atoms with E-state index in [0.29, 0.717) is 24.5 Å². The van der Waals surface area contributed by atoms with Gasteiger partial charge in [-0.05, 0) is 68.1 Å². The average molecular weight is 406 g/mol. The number of carbonyl (C=O) groups excluding carboxylic acids is 3. The molecular formula is C25H26O5. The number of carbonyl (C=O) groups is 3. The summed E-state index contributed by atoms with van der Waals surface area (Å²) in [5.41, 5.74) is 4.09. The summed E-state index contributed by atoms with van der Waals surface area (Å²) < 4.78 is 11.3. The fourth-order valence-corrected chi connectivity index (χ4v) is 4.93. The van der Waals surface area contributed by atoms with Crippen molar-refractivity contribution in [3.8, 4) is 11.5 Å². The van der Waals surface area contributed by atoms with Crippen LogP contribution >= 0.6 is 0 Å². The molecule has 1 saturated carbocycles. The van der Waals surface area contributed by atoms with Crippen molar-refractivity contribution >= 4 is 17.5 Å². The summed E-state index contributed by atoms with van der Waals surface area (Å²) in [6, 6.07) is 11.7. The van der Waals surface area contributed by atoms with Crippen LogP contribution in [0.15, 0.2) is 36.4 Å². The van der Waals surface area contributed by atoms with Gasteiger partial charge in [0.25, 0.3) is 0 Å². The van der Waals surface area contributed by atoms with Crippen LogP contribution in [0.3, 0.4) is 0 Å². The minimum absolute atomic E-state index is 0.00921. The van der Waals surface area contributed by atoms with Crippen LogP contribution in [-0.2, 0) is 14.4 Å². The highest BCUT2D eigenvalue weighted by Gasteiger charge is 2.60. The highest BCUT2D eigenvalue weighted by atomic mass is 16.5. The molecule has 2 aliphatic rings. The fraction of sp³-hybridized carbons (Fsp3) is 0.400. The zero-order valence-corrected chi connectivity index (χ0v) is 17.7. The maximum atomic E-state index is 12.7. The van der Waals surface area contributed by atoms with Crippen LogP contribution in [0.4, 0.5) is 0 Å². The van der Waals surface area contributed by atoms with Gasteiger partial charge in [-0.2, -0.15) is 0 Å². The molecule has 0 amide bonds. The Hall–Kier alpha value is -2.95. The summed E-state index contributed by atoms with van der Waals surface area (Å²) in [5.74, 6) is 0.125. The summed E-state index contributed by atoms with van der Waals surface area (Å²) in [5, 5.41) is 0. The van der Waals surface area contributed by atoms with E-state index in [1.54, 1.807) is 13.8 Å². The van der Waals surface area contributed by atoms with Crippen molar-refractivity contribution in [1.29, 1.82) is 0 Å². The number of Topliss-reactive ketones (excluding diaryl/α,β-unsaturated/α-hetero) is 2. The molecule has 156 valence electrons. The average Bonchev–Trinajstić information content (AvgIpc) is 2.63. The first-order chi connectivity index (χ1) is 14.3. The second-order valence-corrected chi connectivity index (χ2v) is 8.50. The van der Waals surface area contributed by atoms with Gasteiger partial charge in [-0.1, -0.05) is 18.2 Å². The Kier molecular flexibility index (Phi) is 5.22. The van der Waals surface area contributed by atoms with Crippen LogP contribution in [-0.4, -0.2) is 24.1 Å². The Morgan fingerprint density at radius 3 is 2.37 bits per heavy atom. The van der Waals surface area contributed by atoms with Gasteiger partial charge in [0, 0.05) is 24.2 Å². The van der Waals surface area contributed by atoms with Gasteiger partial charge in [-0.25, -0.2) is 0 Å². The number of rotatable bonds is 6. The molecule has 0 N–H and O–H groups in total. The maximum Gasteiger partial charge on any atom is 0.315 e. The van der Waals surface area contributed by atoms with Gasteiger partial charge in [0.1, 0.15) is 23.1 Å². The summed E-state index contributed by atoms with van der Waals surface area (Å²) in [4.78, 5) is 36.3. The predicted molar refractivity (Wildman–Crippen MR) is 112 cm³/mol. The Bertz CT molecular complexity index is 1040. The second-order valence-electron chi connectivity index (χ2n) is 8.50. The fourth-order valence-electron chi connectivity index (χ4n) is 4.93. The number of fused-ring (bicyclic) bond motifs is 3. The van der Waals surface area contributed by atoms with E-state index in [1.165, 1.54) is 0 Å².